The van der Waals surface area contributed by atoms with Gasteiger partial charge in [-0.25, -0.2) is 13.2 Å². The molecule has 3 aromatic carbocycles. The number of alkyl halides is 3. The van der Waals surface area contributed by atoms with Crippen LogP contribution in [0.2, 0.25) is 0 Å². The number of aromatic amines is 2. The third-order valence-electron chi connectivity index (χ3n) is 5.53. The minimum atomic E-state index is -5.47. The molecular formula is C24H20F3N3O7S. The maximum absolute atomic E-state index is 13.5. The number of ether oxygens (including phenoxy) is 1. The van der Waals surface area contributed by atoms with Crippen LogP contribution in [-0.2, 0) is 24.3 Å². The molecule has 0 saturated carbocycles. The fourth-order valence-electron chi connectivity index (χ4n) is 3.91. The lowest BCUT2D eigenvalue weighted by Crippen LogP contribution is -2.35. The molecule has 0 radical (unpaired) electrons. The van der Waals surface area contributed by atoms with Crippen LogP contribution < -0.4 is 10.4 Å². The highest BCUT2D eigenvalue weighted by atomic mass is 32.2. The number of phenolic OH excluding ortho intramolecular Hbond substituents is 1. The van der Waals surface area contributed by atoms with Crippen LogP contribution in [0.5, 0.6) is 5.75 Å². The van der Waals surface area contributed by atoms with E-state index >= 15 is 0 Å². The van der Waals surface area contributed by atoms with Crippen molar-refractivity contribution in [3.8, 4) is 5.75 Å². The van der Waals surface area contributed by atoms with Crippen LogP contribution in [0.25, 0.3) is 21.8 Å². The van der Waals surface area contributed by atoms with Gasteiger partial charge in [0.2, 0.25) is 0 Å². The molecule has 0 aliphatic rings. The molecule has 4 rings (SSSR count). The van der Waals surface area contributed by atoms with E-state index in [1.165, 1.54) is 50.2 Å². The molecule has 1 unspecified atom stereocenters. The molecule has 38 heavy (non-hydrogen) atoms. The molecule has 14 heteroatoms. The maximum Gasteiger partial charge on any atom is 0.451 e. The number of rotatable bonds is 7. The molecular weight excluding hydrogens is 531 g/mol. The summed E-state index contributed by atoms with van der Waals surface area (Å²) in [5, 5.41) is 10.8. The fourth-order valence-corrected chi connectivity index (χ4v) is 5.00. The van der Waals surface area contributed by atoms with Gasteiger partial charge in [-0.3, -0.25) is 14.3 Å². The van der Waals surface area contributed by atoms with Gasteiger partial charge in [-0.05, 0) is 38.1 Å². The number of H-pyrrole nitrogens is 2. The van der Waals surface area contributed by atoms with Crippen molar-refractivity contribution < 1.29 is 41.0 Å². The standard InChI is InChI=1S/C24H20F3N3O7S/c1-11(2)37-22(33)19(21(32)24(25,26)27)15-10-17(13-5-3-4-6-14(13)20(15)31)30-38(35,36)12-7-8-16-18(9-12)29-23(34)28-16/h3-11,19,30-31H,1-2H3,(H2,28,29,34). The van der Waals surface area contributed by atoms with E-state index in [2.05, 4.69) is 14.7 Å². The molecule has 1 atom stereocenters. The Hall–Kier alpha value is -4.33. The van der Waals surface area contributed by atoms with Crippen molar-refractivity contribution in [1.29, 1.82) is 0 Å². The van der Waals surface area contributed by atoms with Crippen LogP contribution in [0.1, 0.15) is 25.3 Å². The molecule has 0 amide bonds. The first-order valence-corrected chi connectivity index (χ1v) is 12.5. The Balaban J connectivity index is 1.90. The monoisotopic (exact) mass is 551 g/mol. The zero-order valence-corrected chi connectivity index (χ0v) is 20.5. The van der Waals surface area contributed by atoms with Crippen molar-refractivity contribution in [2.24, 2.45) is 0 Å². The van der Waals surface area contributed by atoms with Gasteiger partial charge in [0.25, 0.3) is 15.8 Å². The number of anilines is 1. The number of hydrogen-bond donors (Lipinski definition) is 4. The van der Waals surface area contributed by atoms with E-state index in [9.17, 15) is 41.1 Å². The minimum absolute atomic E-state index is 0.0730. The summed E-state index contributed by atoms with van der Waals surface area (Å²) in [7, 11) is -4.42. The van der Waals surface area contributed by atoms with Gasteiger partial charge in [0.05, 0.1) is 27.7 Å². The van der Waals surface area contributed by atoms with E-state index in [1.54, 1.807) is 0 Å². The minimum Gasteiger partial charge on any atom is -0.507 e. The summed E-state index contributed by atoms with van der Waals surface area (Å²) >= 11 is 0. The second-order valence-electron chi connectivity index (χ2n) is 8.58. The highest BCUT2D eigenvalue weighted by Crippen LogP contribution is 2.41. The molecule has 0 bridgehead atoms. The molecule has 1 aromatic heterocycles. The molecule has 200 valence electrons. The summed E-state index contributed by atoms with van der Waals surface area (Å²) < 4.78 is 74.0. The quantitative estimate of drug-likeness (QED) is 0.155. The number of Topliss-reactive ketones (excluding diaryl/α,β-unsaturated/α-hetero) is 1. The van der Waals surface area contributed by atoms with Crippen LogP contribution in [-0.4, -0.2) is 47.5 Å². The van der Waals surface area contributed by atoms with Gasteiger partial charge in [0.1, 0.15) is 5.75 Å². The number of imidazole rings is 1. The third kappa shape index (κ3) is 5.07. The average molecular weight is 551 g/mol. The summed E-state index contributed by atoms with van der Waals surface area (Å²) in [5.74, 6) is -7.50. The average Bonchev–Trinajstić information content (AvgIpc) is 3.20. The first-order chi connectivity index (χ1) is 17.7. The van der Waals surface area contributed by atoms with Gasteiger partial charge >= 0.3 is 17.8 Å². The summed E-state index contributed by atoms with van der Waals surface area (Å²) in [6.07, 6.45) is -6.36. The first kappa shape index (κ1) is 26.7. The molecule has 0 spiro atoms. The number of halogens is 3. The number of aromatic nitrogens is 2. The van der Waals surface area contributed by atoms with E-state index in [1.807, 2.05) is 0 Å². The Morgan fingerprint density at radius 3 is 2.26 bits per heavy atom. The Bertz CT molecular complexity index is 1740. The summed E-state index contributed by atoms with van der Waals surface area (Å²) in [4.78, 5) is 41.1. The molecule has 0 saturated heterocycles. The highest BCUT2D eigenvalue weighted by Gasteiger charge is 2.49. The van der Waals surface area contributed by atoms with Crippen LogP contribution >= 0.6 is 0 Å². The van der Waals surface area contributed by atoms with E-state index in [4.69, 9.17) is 4.74 Å². The Kier molecular flexibility index (Phi) is 6.69. The van der Waals surface area contributed by atoms with Crippen molar-refractivity contribution in [2.45, 2.75) is 36.9 Å². The maximum atomic E-state index is 13.5. The van der Waals surface area contributed by atoms with Crippen molar-refractivity contribution in [3.05, 3.63) is 64.6 Å². The topological polar surface area (TPSA) is 158 Å². The number of ketones is 1. The van der Waals surface area contributed by atoms with Crippen LogP contribution in [0.15, 0.2) is 58.2 Å². The number of benzene rings is 3. The predicted molar refractivity (Wildman–Crippen MR) is 130 cm³/mol. The number of esters is 1. The summed E-state index contributed by atoms with van der Waals surface area (Å²) in [6.45, 7) is 2.72. The number of hydrogen-bond acceptors (Lipinski definition) is 7. The van der Waals surface area contributed by atoms with Crippen molar-refractivity contribution in [2.75, 3.05) is 4.72 Å². The number of nitrogens with one attached hydrogen (secondary N) is 3. The predicted octanol–water partition coefficient (Wildman–Crippen LogP) is 3.68. The van der Waals surface area contributed by atoms with E-state index < -0.39 is 57.0 Å². The largest absolute Gasteiger partial charge is 0.507 e. The lowest BCUT2D eigenvalue weighted by Gasteiger charge is -2.21. The lowest BCUT2D eigenvalue weighted by molar-refractivity contribution is -0.178. The van der Waals surface area contributed by atoms with Gasteiger partial charge < -0.3 is 19.8 Å². The number of carbonyl (C=O) groups excluding carboxylic acids is 2. The van der Waals surface area contributed by atoms with Gasteiger partial charge in [0, 0.05) is 16.3 Å². The van der Waals surface area contributed by atoms with E-state index in [-0.39, 0.29) is 26.9 Å². The zero-order chi connectivity index (χ0) is 28.0. The number of fused-ring (bicyclic) bond motifs is 2. The smallest absolute Gasteiger partial charge is 0.451 e. The fraction of sp³-hybridized carbons (Fsp3) is 0.208. The van der Waals surface area contributed by atoms with Gasteiger partial charge in [-0.2, -0.15) is 13.2 Å². The number of carbonyl (C=O) groups is 2. The number of phenols is 1. The SMILES string of the molecule is CC(C)OC(=O)C(C(=O)C(F)(F)F)c1cc(NS(=O)(=O)c2ccc3[nH]c(=O)[nH]c3c2)c2ccccc2c1O. The van der Waals surface area contributed by atoms with Gasteiger partial charge in [-0.1, -0.05) is 24.3 Å². The Morgan fingerprint density at radius 1 is 1.00 bits per heavy atom. The third-order valence-corrected chi connectivity index (χ3v) is 6.89. The van der Waals surface area contributed by atoms with Crippen molar-refractivity contribution in [1.82, 2.24) is 9.97 Å². The van der Waals surface area contributed by atoms with Crippen molar-refractivity contribution >= 4 is 49.3 Å². The Morgan fingerprint density at radius 2 is 1.63 bits per heavy atom. The molecule has 0 aliphatic carbocycles. The van der Waals surface area contributed by atoms with Crippen LogP contribution in [0.4, 0.5) is 18.9 Å². The molecule has 4 aromatic rings. The molecule has 1 heterocycles. The number of aromatic hydroxyl groups is 1. The zero-order valence-electron chi connectivity index (χ0n) is 19.7. The molecule has 0 aliphatic heterocycles. The number of sulfonamides is 1. The second kappa shape index (κ2) is 9.52. The van der Waals surface area contributed by atoms with Crippen LogP contribution in [0, 0.1) is 0 Å². The lowest BCUT2D eigenvalue weighted by atomic mass is 9.90. The summed E-state index contributed by atoms with van der Waals surface area (Å²) in [5.41, 5.74) is -1.15. The first-order valence-electron chi connectivity index (χ1n) is 11.0. The van der Waals surface area contributed by atoms with E-state index in [0.717, 1.165) is 12.1 Å². The van der Waals surface area contributed by atoms with Gasteiger partial charge in [-0.15, -0.1) is 0 Å². The molecule has 10 nitrogen and oxygen atoms in total. The van der Waals surface area contributed by atoms with Gasteiger partial charge in [0.15, 0.2) is 5.92 Å². The normalized spacial score (nSPS) is 13.1. The molecule has 4 N–H and O–H groups in total. The molecule has 0 fully saturated rings. The second-order valence-corrected chi connectivity index (χ2v) is 10.3. The van der Waals surface area contributed by atoms with Crippen molar-refractivity contribution in [3.63, 3.8) is 0 Å². The van der Waals surface area contributed by atoms with E-state index in [0.29, 0.717) is 5.52 Å². The summed E-state index contributed by atoms with van der Waals surface area (Å²) in [6, 6.07) is 10.1. The Labute approximate surface area is 212 Å². The highest BCUT2D eigenvalue weighted by molar-refractivity contribution is 7.92. The van der Waals surface area contributed by atoms with Crippen LogP contribution in [0.3, 0.4) is 0 Å².